The van der Waals surface area contributed by atoms with Crippen LogP contribution in [-0.2, 0) is 4.74 Å². The van der Waals surface area contributed by atoms with Crippen LogP contribution < -0.4 is 0 Å². The molecule has 1 rings (SSSR count). The van der Waals surface area contributed by atoms with Crippen molar-refractivity contribution in [2.45, 2.75) is 46.3 Å². The Morgan fingerprint density at radius 3 is 2.23 bits per heavy atom. The molecule has 1 nitrogen and oxygen atoms in total. The fourth-order valence-corrected chi connectivity index (χ4v) is 2.12. The Hall–Kier alpha value is -0.480. The Kier molecular flexibility index (Phi) is 3.39. The molecule has 1 fully saturated rings. The fraction of sp³-hybridized carbons (Fsp3) is 0.833. The Balaban J connectivity index is 2.65. The molecule has 0 unspecified atom stereocenters. The van der Waals surface area contributed by atoms with Crippen LogP contribution in [0.15, 0.2) is 0 Å². The van der Waals surface area contributed by atoms with Gasteiger partial charge in [-0.1, -0.05) is 20.8 Å². The van der Waals surface area contributed by atoms with Gasteiger partial charge in [-0.3, -0.25) is 0 Å². The van der Waals surface area contributed by atoms with Crippen LogP contribution in [0.1, 0.15) is 34.1 Å². The summed E-state index contributed by atoms with van der Waals surface area (Å²) >= 11 is 0. The monoisotopic (exact) mass is 180 g/mol. The zero-order valence-electron chi connectivity index (χ0n) is 9.08. The minimum absolute atomic E-state index is 0.270. The molecular formula is C12H20O. The molecule has 13 heavy (non-hydrogen) atoms. The fourth-order valence-electron chi connectivity index (χ4n) is 2.12. The Morgan fingerprint density at radius 2 is 1.69 bits per heavy atom. The molecule has 0 bridgehead atoms. The first-order valence-corrected chi connectivity index (χ1v) is 5.16. The number of hydrogen-bond donors (Lipinski definition) is 0. The molecule has 0 aliphatic carbocycles. The normalized spacial score (nSPS) is 45.6. The van der Waals surface area contributed by atoms with Crippen LogP contribution in [0, 0.1) is 30.1 Å². The van der Waals surface area contributed by atoms with Crippen molar-refractivity contribution in [2.75, 3.05) is 0 Å². The highest BCUT2D eigenvalue weighted by Crippen LogP contribution is 2.35. The molecule has 0 aromatic carbocycles. The van der Waals surface area contributed by atoms with Gasteiger partial charge in [0.05, 0.1) is 12.2 Å². The van der Waals surface area contributed by atoms with E-state index in [1.165, 1.54) is 0 Å². The predicted molar refractivity (Wildman–Crippen MR) is 55.3 cm³/mol. The first-order chi connectivity index (χ1) is 6.07. The molecule has 0 radical (unpaired) electrons. The molecule has 1 aliphatic rings. The molecule has 0 aromatic rings. The maximum absolute atomic E-state index is 5.88. The van der Waals surface area contributed by atoms with Crippen molar-refractivity contribution in [2.24, 2.45) is 17.8 Å². The lowest BCUT2D eigenvalue weighted by Gasteiger charge is -2.42. The maximum atomic E-state index is 5.88. The van der Waals surface area contributed by atoms with Gasteiger partial charge >= 0.3 is 0 Å². The van der Waals surface area contributed by atoms with E-state index in [4.69, 9.17) is 11.2 Å². The van der Waals surface area contributed by atoms with Gasteiger partial charge in [0.1, 0.15) is 0 Å². The van der Waals surface area contributed by atoms with Crippen LogP contribution in [0.4, 0.5) is 0 Å². The van der Waals surface area contributed by atoms with Gasteiger partial charge in [0.25, 0.3) is 0 Å². The van der Waals surface area contributed by atoms with Gasteiger partial charge in [0.2, 0.25) is 0 Å². The van der Waals surface area contributed by atoms with Gasteiger partial charge in [-0.25, -0.2) is 0 Å². The zero-order valence-corrected chi connectivity index (χ0v) is 9.08. The largest absolute Gasteiger partial charge is 0.374 e. The minimum atomic E-state index is 0.270. The van der Waals surface area contributed by atoms with Crippen molar-refractivity contribution >= 4 is 0 Å². The third-order valence-corrected chi connectivity index (χ3v) is 3.69. The predicted octanol–water partition coefficient (Wildman–Crippen LogP) is 2.71. The molecule has 74 valence electrons. The van der Waals surface area contributed by atoms with E-state index in [-0.39, 0.29) is 6.10 Å². The summed E-state index contributed by atoms with van der Waals surface area (Å²) in [5, 5.41) is 0. The maximum Gasteiger partial charge on any atom is 0.0716 e. The molecule has 0 spiro atoms. The van der Waals surface area contributed by atoms with Gasteiger partial charge in [-0.2, -0.15) is 0 Å². The van der Waals surface area contributed by atoms with E-state index < -0.39 is 0 Å². The second kappa shape index (κ2) is 4.15. The summed E-state index contributed by atoms with van der Waals surface area (Å²) in [7, 11) is 0. The van der Waals surface area contributed by atoms with Crippen molar-refractivity contribution in [3.05, 3.63) is 0 Å². The molecule has 1 aliphatic heterocycles. The third-order valence-electron chi connectivity index (χ3n) is 3.69. The molecule has 0 N–H and O–H groups in total. The lowest BCUT2D eigenvalue weighted by molar-refractivity contribution is -0.122. The summed E-state index contributed by atoms with van der Waals surface area (Å²) in [6.45, 7) is 8.96. The molecule has 1 heteroatoms. The summed E-state index contributed by atoms with van der Waals surface area (Å²) in [4.78, 5) is 0. The van der Waals surface area contributed by atoms with Gasteiger partial charge in [-0.05, 0) is 24.7 Å². The summed E-state index contributed by atoms with van der Waals surface area (Å²) in [5.74, 6) is 4.64. The van der Waals surface area contributed by atoms with Crippen LogP contribution in [0.2, 0.25) is 0 Å². The minimum Gasteiger partial charge on any atom is -0.374 e. The highest BCUT2D eigenvalue weighted by atomic mass is 16.5. The topological polar surface area (TPSA) is 9.23 Å². The zero-order chi connectivity index (χ0) is 10.0. The summed E-state index contributed by atoms with van der Waals surface area (Å²) in [6.07, 6.45) is 6.69. The molecule has 0 saturated carbocycles. The first-order valence-electron chi connectivity index (χ1n) is 5.16. The Labute approximate surface area is 81.9 Å². The average molecular weight is 180 g/mol. The summed E-state index contributed by atoms with van der Waals surface area (Å²) in [6, 6.07) is 0. The highest BCUT2D eigenvalue weighted by molar-refractivity contribution is 4.93. The lowest BCUT2D eigenvalue weighted by atomic mass is 9.76. The standard InChI is InChI=1S/C12H20O/c1-6-7-12-10(4)8(2)9(3)11(5)13-12/h1,8-12H,7H2,2-5H3/t8-,9-,10+,11+,12-/m1/s1. The molecule has 0 amide bonds. The summed E-state index contributed by atoms with van der Waals surface area (Å²) in [5.41, 5.74) is 0. The van der Waals surface area contributed by atoms with E-state index in [0.717, 1.165) is 6.42 Å². The number of hydrogen-bond acceptors (Lipinski definition) is 1. The highest BCUT2D eigenvalue weighted by Gasteiger charge is 2.36. The van der Waals surface area contributed by atoms with E-state index in [2.05, 4.69) is 33.6 Å². The third kappa shape index (κ3) is 2.06. The van der Waals surface area contributed by atoms with E-state index >= 15 is 0 Å². The van der Waals surface area contributed by atoms with Crippen molar-refractivity contribution in [3.63, 3.8) is 0 Å². The van der Waals surface area contributed by atoms with Gasteiger partial charge in [-0.15, -0.1) is 12.3 Å². The molecule has 1 heterocycles. The van der Waals surface area contributed by atoms with E-state index in [1.807, 2.05) is 0 Å². The number of terminal acetylenes is 1. The van der Waals surface area contributed by atoms with Crippen LogP contribution in [0.25, 0.3) is 0 Å². The molecule has 5 atom stereocenters. The molecule has 1 saturated heterocycles. The van der Waals surface area contributed by atoms with Crippen LogP contribution in [0.3, 0.4) is 0 Å². The van der Waals surface area contributed by atoms with Crippen molar-refractivity contribution in [1.29, 1.82) is 0 Å². The van der Waals surface area contributed by atoms with Crippen LogP contribution in [0.5, 0.6) is 0 Å². The lowest BCUT2D eigenvalue weighted by Crippen LogP contribution is -2.43. The number of rotatable bonds is 1. The van der Waals surface area contributed by atoms with E-state index in [0.29, 0.717) is 23.9 Å². The summed E-state index contributed by atoms with van der Waals surface area (Å²) < 4.78 is 5.88. The first kappa shape index (κ1) is 10.6. The van der Waals surface area contributed by atoms with Crippen molar-refractivity contribution in [3.8, 4) is 12.3 Å². The second-order valence-electron chi connectivity index (χ2n) is 4.37. The van der Waals surface area contributed by atoms with Gasteiger partial charge < -0.3 is 4.74 Å². The van der Waals surface area contributed by atoms with Gasteiger partial charge in [0, 0.05) is 6.42 Å². The van der Waals surface area contributed by atoms with Gasteiger partial charge in [0.15, 0.2) is 0 Å². The van der Waals surface area contributed by atoms with Crippen LogP contribution >= 0.6 is 0 Å². The van der Waals surface area contributed by atoms with Crippen LogP contribution in [-0.4, -0.2) is 12.2 Å². The van der Waals surface area contributed by atoms with E-state index in [1.54, 1.807) is 0 Å². The Morgan fingerprint density at radius 1 is 1.08 bits per heavy atom. The Bertz CT molecular complexity index is 204. The van der Waals surface area contributed by atoms with E-state index in [9.17, 15) is 0 Å². The molecule has 0 aromatic heterocycles. The van der Waals surface area contributed by atoms with Crippen molar-refractivity contribution in [1.82, 2.24) is 0 Å². The SMILES string of the molecule is C#CC[C@H]1O[C@@H](C)[C@H](C)[C@@H](C)[C@@H]1C. The molecular weight excluding hydrogens is 160 g/mol. The average Bonchev–Trinajstić information content (AvgIpc) is 2.11. The smallest absolute Gasteiger partial charge is 0.0716 e. The second-order valence-corrected chi connectivity index (χ2v) is 4.37. The van der Waals surface area contributed by atoms with Crippen molar-refractivity contribution < 1.29 is 4.74 Å². The number of ether oxygens (including phenoxy) is 1. The quantitative estimate of drug-likeness (QED) is 0.564.